The maximum absolute atomic E-state index is 13.3. The van der Waals surface area contributed by atoms with Gasteiger partial charge in [0.1, 0.15) is 5.69 Å². The number of carbonyl (C=O) groups is 2. The fraction of sp³-hybridized carbons (Fsp3) is 0.387. The van der Waals surface area contributed by atoms with Crippen molar-refractivity contribution in [3.63, 3.8) is 0 Å². The number of hydrogen-bond donors (Lipinski definition) is 1. The molecule has 3 heterocycles. The predicted octanol–water partition coefficient (Wildman–Crippen LogP) is 3.31. The molecule has 1 aromatic heterocycles. The van der Waals surface area contributed by atoms with Crippen LogP contribution in [0.4, 0.5) is 11.4 Å². The van der Waals surface area contributed by atoms with Gasteiger partial charge in [-0.1, -0.05) is 43.0 Å². The molecule has 0 aliphatic carbocycles. The van der Waals surface area contributed by atoms with E-state index in [1.54, 1.807) is 0 Å². The molecule has 0 bridgehead atoms. The molecule has 204 valence electrons. The molecule has 0 spiro atoms. The van der Waals surface area contributed by atoms with Gasteiger partial charge in [-0.2, -0.15) is 0 Å². The van der Waals surface area contributed by atoms with Gasteiger partial charge in [0.2, 0.25) is 5.91 Å². The normalized spacial score (nSPS) is 16.3. The third-order valence-electron chi connectivity index (χ3n) is 8.04. The van der Waals surface area contributed by atoms with Crippen molar-refractivity contribution in [3.8, 4) is 0 Å². The third-order valence-corrected chi connectivity index (χ3v) is 8.04. The molecular formula is C31H38N6O2. The van der Waals surface area contributed by atoms with E-state index in [2.05, 4.69) is 76.0 Å². The maximum atomic E-state index is 13.3. The number of rotatable bonds is 7. The highest BCUT2D eigenvalue weighted by molar-refractivity contribution is 5.95. The van der Waals surface area contributed by atoms with Crippen molar-refractivity contribution in [1.29, 1.82) is 0 Å². The molecular weight excluding hydrogens is 488 g/mol. The van der Waals surface area contributed by atoms with Gasteiger partial charge < -0.3 is 24.9 Å². The van der Waals surface area contributed by atoms with Crippen molar-refractivity contribution in [2.24, 2.45) is 0 Å². The van der Waals surface area contributed by atoms with Crippen LogP contribution in [0.2, 0.25) is 0 Å². The number of carbonyl (C=O) groups excluding carboxylic acids is 2. The van der Waals surface area contributed by atoms with Gasteiger partial charge in [0, 0.05) is 67.6 Å². The number of anilines is 2. The molecule has 1 fully saturated rings. The number of aromatic nitrogens is 1. The molecule has 1 unspecified atom stereocenters. The number of amides is 2. The summed E-state index contributed by atoms with van der Waals surface area (Å²) in [7, 11) is 4.01. The summed E-state index contributed by atoms with van der Waals surface area (Å²) in [5.41, 5.74) is 4.84. The second-order valence-electron chi connectivity index (χ2n) is 10.7. The Kier molecular flexibility index (Phi) is 7.84. The minimum Gasteiger partial charge on any atom is -0.368 e. The number of hydrogen-bond acceptors (Lipinski definition) is 6. The van der Waals surface area contributed by atoms with Gasteiger partial charge in [-0.15, -0.1) is 0 Å². The fourth-order valence-corrected chi connectivity index (χ4v) is 5.42. The molecule has 1 N–H and O–H groups in total. The Hall–Kier alpha value is -3.91. The second kappa shape index (κ2) is 11.5. The van der Waals surface area contributed by atoms with Gasteiger partial charge in [-0.25, -0.2) is 4.98 Å². The molecule has 1 saturated heterocycles. The third kappa shape index (κ3) is 5.61. The molecule has 0 saturated carbocycles. The van der Waals surface area contributed by atoms with Crippen LogP contribution in [0.5, 0.6) is 0 Å². The summed E-state index contributed by atoms with van der Waals surface area (Å²) in [4.78, 5) is 39.0. The molecule has 2 aliphatic heterocycles. The topological polar surface area (TPSA) is 72.0 Å². The van der Waals surface area contributed by atoms with E-state index in [0.29, 0.717) is 45.0 Å². The number of pyridine rings is 1. The summed E-state index contributed by atoms with van der Waals surface area (Å²) < 4.78 is 0. The van der Waals surface area contributed by atoms with Crippen LogP contribution in [0.25, 0.3) is 10.8 Å². The number of nitrogens with one attached hydrogen (secondary N) is 1. The summed E-state index contributed by atoms with van der Waals surface area (Å²) in [6.07, 6.45) is 2.22. The van der Waals surface area contributed by atoms with Gasteiger partial charge in [0.05, 0.1) is 12.2 Å². The number of piperazine rings is 1. The zero-order valence-corrected chi connectivity index (χ0v) is 23.2. The minimum atomic E-state index is -0.157. The lowest BCUT2D eigenvalue weighted by Crippen LogP contribution is -2.49. The van der Waals surface area contributed by atoms with Crippen molar-refractivity contribution in [2.75, 3.05) is 63.2 Å². The van der Waals surface area contributed by atoms with E-state index >= 15 is 0 Å². The second-order valence-corrected chi connectivity index (χ2v) is 10.7. The lowest BCUT2D eigenvalue weighted by molar-refractivity contribution is -0.126. The standard InChI is InChI=1S/C31H38N6O2/c1-5-30(38)36-17-15-35(16-18-36)29-19-26(31(39)32-20-22(2)34(3)4)33-27-21-37(14-13-25(27)29)28-12-8-10-23-9-6-7-11-24(23)28/h5-12,19,22H,1,13-18,20-21H2,2-4H3,(H,32,39). The fourth-order valence-electron chi connectivity index (χ4n) is 5.42. The Morgan fingerprint density at radius 2 is 1.77 bits per heavy atom. The Bertz CT molecular complexity index is 1370. The van der Waals surface area contributed by atoms with Crippen molar-refractivity contribution < 1.29 is 9.59 Å². The first-order valence-electron chi connectivity index (χ1n) is 13.7. The minimum absolute atomic E-state index is 0.0350. The largest absolute Gasteiger partial charge is 0.368 e. The predicted molar refractivity (Wildman–Crippen MR) is 157 cm³/mol. The summed E-state index contributed by atoms with van der Waals surface area (Å²) in [5.74, 6) is -0.192. The molecule has 5 rings (SSSR count). The first-order valence-corrected chi connectivity index (χ1v) is 13.7. The van der Waals surface area contributed by atoms with Crippen LogP contribution in [-0.2, 0) is 17.8 Å². The number of benzene rings is 2. The van der Waals surface area contributed by atoms with Crippen molar-refractivity contribution >= 4 is 34.0 Å². The van der Waals surface area contributed by atoms with Crippen LogP contribution in [0.1, 0.15) is 28.7 Å². The average molecular weight is 527 g/mol. The smallest absolute Gasteiger partial charge is 0.270 e. The van der Waals surface area contributed by atoms with E-state index in [1.165, 1.54) is 28.1 Å². The Morgan fingerprint density at radius 1 is 1.03 bits per heavy atom. The van der Waals surface area contributed by atoms with Crippen LogP contribution in [0.15, 0.2) is 61.2 Å². The Balaban J connectivity index is 1.46. The zero-order valence-electron chi connectivity index (χ0n) is 23.2. The zero-order chi connectivity index (χ0) is 27.5. The lowest BCUT2D eigenvalue weighted by Gasteiger charge is -2.39. The van der Waals surface area contributed by atoms with E-state index < -0.39 is 0 Å². The van der Waals surface area contributed by atoms with Crippen LogP contribution in [0.3, 0.4) is 0 Å². The molecule has 8 nitrogen and oxygen atoms in total. The highest BCUT2D eigenvalue weighted by Gasteiger charge is 2.28. The first-order chi connectivity index (χ1) is 18.9. The van der Waals surface area contributed by atoms with E-state index in [4.69, 9.17) is 4.98 Å². The molecule has 2 aromatic carbocycles. The average Bonchev–Trinajstić information content (AvgIpc) is 2.98. The van der Waals surface area contributed by atoms with Gasteiger partial charge in [0.25, 0.3) is 5.91 Å². The van der Waals surface area contributed by atoms with Crippen molar-refractivity contribution in [1.82, 2.24) is 20.1 Å². The van der Waals surface area contributed by atoms with E-state index in [9.17, 15) is 9.59 Å². The molecule has 0 radical (unpaired) electrons. The molecule has 8 heteroatoms. The molecule has 39 heavy (non-hydrogen) atoms. The summed E-state index contributed by atoms with van der Waals surface area (Å²) in [5, 5.41) is 5.51. The van der Waals surface area contributed by atoms with E-state index in [1.807, 2.05) is 25.1 Å². The quantitative estimate of drug-likeness (QED) is 0.477. The number of likely N-dealkylation sites (N-methyl/N-ethyl adjacent to an activating group) is 1. The number of nitrogens with zero attached hydrogens (tertiary/aromatic N) is 5. The van der Waals surface area contributed by atoms with Crippen LogP contribution in [-0.4, -0.2) is 86.0 Å². The SMILES string of the molecule is C=CC(=O)N1CCN(c2cc(C(=O)NCC(C)N(C)C)nc3c2CCN(c2cccc4ccccc24)C3)CC1. The first kappa shape index (κ1) is 26.7. The van der Waals surface area contributed by atoms with E-state index in [-0.39, 0.29) is 17.9 Å². The Morgan fingerprint density at radius 3 is 2.51 bits per heavy atom. The van der Waals surface area contributed by atoms with Crippen molar-refractivity contribution in [2.45, 2.75) is 25.9 Å². The summed E-state index contributed by atoms with van der Waals surface area (Å²) >= 11 is 0. The highest BCUT2D eigenvalue weighted by atomic mass is 16.2. The van der Waals surface area contributed by atoms with Crippen LogP contribution >= 0.6 is 0 Å². The van der Waals surface area contributed by atoms with Gasteiger partial charge in [-0.3, -0.25) is 9.59 Å². The molecule has 3 aromatic rings. The van der Waals surface area contributed by atoms with Gasteiger partial charge in [0.15, 0.2) is 0 Å². The van der Waals surface area contributed by atoms with Crippen LogP contribution < -0.4 is 15.1 Å². The van der Waals surface area contributed by atoms with E-state index in [0.717, 1.165) is 24.3 Å². The number of fused-ring (bicyclic) bond motifs is 2. The van der Waals surface area contributed by atoms with Crippen LogP contribution in [0, 0.1) is 0 Å². The monoisotopic (exact) mass is 526 g/mol. The van der Waals surface area contributed by atoms with Gasteiger partial charge >= 0.3 is 0 Å². The summed E-state index contributed by atoms with van der Waals surface area (Å²) in [6.45, 7) is 10.4. The highest BCUT2D eigenvalue weighted by Crippen LogP contribution is 2.34. The summed E-state index contributed by atoms with van der Waals surface area (Å²) in [6, 6.07) is 17.0. The molecule has 1 atom stereocenters. The molecule has 2 aliphatic rings. The maximum Gasteiger partial charge on any atom is 0.270 e. The Labute approximate surface area is 230 Å². The van der Waals surface area contributed by atoms with Gasteiger partial charge in [-0.05, 0) is 51.0 Å². The molecule has 2 amide bonds. The van der Waals surface area contributed by atoms with Crippen molar-refractivity contribution in [3.05, 3.63) is 78.1 Å². The lowest BCUT2D eigenvalue weighted by atomic mass is 9.98.